The van der Waals surface area contributed by atoms with E-state index in [0.29, 0.717) is 5.88 Å². The van der Waals surface area contributed by atoms with Crippen molar-refractivity contribution in [2.45, 2.75) is 18.8 Å². The second-order valence-electron chi connectivity index (χ2n) is 3.12. The summed E-state index contributed by atoms with van der Waals surface area (Å²) in [6.07, 6.45) is 1.14. The molecule has 0 saturated heterocycles. The van der Waals surface area contributed by atoms with Crippen molar-refractivity contribution in [1.82, 2.24) is 5.32 Å². The van der Waals surface area contributed by atoms with Crippen LogP contribution in [0.5, 0.6) is 0 Å². The van der Waals surface area contributed by atoms with Crippen LogP contribution in [-0.2, 0) is 18.8 Å². The average Bonchev–Trinajstić information content (AvgIpc) is 2.17. The zero-order valence-electron chi connectivity index (χ0n) is 6.94. The van der Waals surface area contributed by atoms with Gasteiger partial charge in [-0.15, -0.1) is 11.6 Å². The third-order valence-electron chi connectivity index (χ3n) is 2.39. The van der Waals surface area contributed by atoms with Crippen molar-refractivity contribution in [3.05, 3.63) is 34.9 Å². The fourth-order valence-electron chi connectivity index (χ4n) is 1.71. The topological polar surface area (TPSA) is 12.0 Å². The van der Waals surface area contributed by atoms with Crippen molar-refractivity contribution in [3.63, 3.8) is 0 Å². The summed E-state index contributed by atoms with van der Waals surface area (Å²) in [5.74, 6) is 0.630. The lowest BCUT2D eigenvalue weighted by molar-refractivity contribution is 0.640. The number of hydrogen-bond acceptors (Lipinski definition) is 1. The molecule has 1 nitrogen and oxygen atoms in total. The monoisotopic (exact) mass is 181 g/mol. The van der Waals surface area contributed by atoms with E-state index >= 15 is 0 Å². The van der Waals surface area contributed by atoms with Crippen molar-refractivity contribution in [1.29, 1.82) is 0 Å². The van der Waals surface area contributed by atoms with Gasteiger partial charge in [-0.05, 0) is 29.7 Å². The molecule has 0 aliphatic carbocycles. The summed E-state index contributed by atoms with van der Waals surface area (Å²) in [4.78, 5) is 0. The minimum Gasteiger partial charge on any atom is -0.312 e. The van der Waals surface area contributed by atoms with Crippen LogP contribution in [0.2, 0.25) is 0 Å². The molecule has 1 heterocycles. The molecule has 2 rings (SSSR count). The van der Waals surface area contributed by atoms with E-state index in [1.807, 2.05) is 0 Å². The van der Waals surface area contributed by atoms with Gasteiger partial charge in [0, 0.05) is 12.4 Å². The van der Waals surface area contributed by atoms with E-state index in [2.05, 4.69) is 23.5 Å². The van der Waals surface area contributed by atoms with E-state index in [1.165, 1.54) is 16.7 Å². The maximum Gasteiger partial charge on any atom is 0.0477 e. The van der Waals surface area contributed by atoms with Crippen molar-refractivity contribution >= 4 is 11.6 Å². The summed E-state index contributed by atoms with van der Waals surface area (Å²) >= 11 is 5.84. The molecule has 0 aromatic heterocycles. The van der Waals surface area contributed by atoms with Crippen LogP contribution >= 0.6 is 11.6 Å². The largest absolute Gasteiger partial charge is 0.312 e. The van der Waals surface area contributed by atoms with E-state index in [1.54, 1.807) is 0 Å². The molecule has 0 spiro atoms. The van der Waals surface area contributed by atoms with E-state index in [0.717, 1.165) is 19.5 Å². The van der Waals surface area contributed by atoms with Gasteiger partial charge in [0.1, 0.15) is 0 Å². The highest BCUT2D eigenvalue weighted by atomic mass is 35.5. The van der Waals surface area contributed by atoms with Crippen molar-refractivity contribution in [2.24, 2.45) is 0 Å². The first-order chi connectivity index (χ1) is 5.92. The van der Waals surface area contributed by atoms with Gasteiger partial charge in [0.25, 0.3) is 0 Å². The molecular weight excluding hydrogens is 170 g/mol. The average molecular weight is 182 g/mol. The van der Waals surface area contributed by atoms with Gasteiger partial charge >= 0.3 is 0 Å². The lowest BCUT2D eigenvalue weighted by Gasteiger charge is -2.19. The van der Waals surface area contributed by atoms with Crippen molar-refractivity contribution < 1.29 is 0 Å². The fraction of sp³-hybridized carbons (Fsp3) is 0.400. The van der Waals surface area contributed by atoms with Crippen LogP contribution < -0.4 is 5.32 Å². The summed E-state index contributed by atoms with van der Waals surface area (Å²) in [6.45, 7) is 2.08. The van der Waals surface area contributed by atoms with Gasteiger partial charge in [0.2, 0.25) is 0 Å². The normalized spacial score (nSPS) is 15.8. The Bertz CT molecular complexity index is 269. The van der Waals surface area contributed by atoms with Gasteiger partial charge in [-0.2, -0.15) is 0 Å². The van der Waals surface area contributed by atoms with E-state index in [-0.39, 0.29) is 0 Å². The molecule has 0 amide bonds. The SMILES string of the molecule is ClCc1cccc2c1CNCC2. The molecule has 0 radical (unpaired) electrons. The molecule has 0 saturated carbocycles. The third kappa shape index (κ3) is 1.35. The highest BCUT2D eigenvalue weighted by molar-refractivity contribution is 6.17. The Labute approximate surface area is 77.7 Å². The summed E-state index contributed by atoms with van der Waals surface area (Å²) in [5.41, 5.74) is 4.16. The molecule has 64 valence electrons. The highest BCUT2D eigenvalue weighted by Gasteiger charge is 2.10. The van der Waals surface area contributed by atoms with Gasteiger partial charge in [-0.3, -0.25) is 0 Å². The van der Waals surface area contributed by atoms with Crippen LogP contribution in [0.4, 0.5) is 0 Å². The Morgan fingerprint density at radius 2 is 2.33 bits per heavy atom. The number of fused-ring (bicyclic) bond motifs is 1. The first-order valence-electron chi connectivity index (χ1n) is 4.28. The lowest BCUT2D eigenvalue weighted by atomic mass is 9.97. The number of nitrogens with one attached hydrogen (secondary N) is 1. The minimum absolute atomic E-state index is 0.630. The van der Waals surface area contributed by atoms with Gasteiger partial charge < -0.3 is 5.32 Å². The molecule has 1 N–H and O–H groups in total. The highest BCUT2D eigenvalue weighted by Crippen LogP contribution is 2.19. The number of benzene rings is 1. The predicted molar refractivity (Wildman–Crippen MR) is 51.4 cm³/mol. The molecule has 0 bridgehead atoms. The van der Waals surface area contributed by atoms with Crippen LogP contribution in [-0.4, -0.2) is 6.54 Å². The Balaban J connectivity index is 2.44. The number of hydrogen-bond donors (Lipinski definition) is 1. The van der Waals surface area contributed by atoms with Gasteiger partial charge in [0.05, 0.1) is 0 Å². The molecular formula is C10H12ClN. The Morgan fingerprint density at radius 3 is 3.17 bits per heavy atom. The maximum atomic E-state index is 5.84. The molecule has 1 aromatic rings. The van der Waals surface area contributed by atoms with E-state index < -0.39 is 0 Å². The zero-order chi connectivity index (χ0) is 8.39. The van der Waals surface area contributed by atoms with E-state index in [4.69, 9.17) is 11.6 Å². The smallest absolute Gasteiger partial charge is 0.0477 e. The zero-order valence-corrected chi connectivity index (χ0v) is 7.69. The summed E-state index contributed by atoms with van der Waals surface area (Å²) in [6, 6.07) is 6.41. The molecule has 2 heteroatoms. The van der Waals surface area contributed by atoms with Crippen LogP contribution in [0.3, 0.4) is 0 Å². The number of halogens is 1. The number of rotatable bonds is 1. The van der Waals surface area contributed by atoms with Crippen LogP contribution in [0, 0.1) is 0 Å². The second kappa shape index (κ2) is 3.46. The molecule has 1 aliphatic rings. The Kier molecular flexibility index (Phi) is 2.33. The standard InChI is InChI=1S/C10H12ClN/c11-6-9-3-1-2-8-4-5-12-7-10(8)9/h1-3,12H,4-7H2. The second-order valence-corrected chi connectivity index (χ2v) is 3.38. The Hall–Kier alpha value is -0.530. The molecule has 0 unspecified atom stereocenters. The van der Waals surface area contributed by atoms with Crippen LogP contribution in [0.15, 0.2) is 18.2 Å². The molecule has 1 aromatic carbocycles. The Morgan fingerprint density at radius 1 is 1.42 bits per heavy atom. The first kappa shape index (κ1) is 8.09. The van der Waals surface area contributed by atoms with E-state index in [9.17, 15) is 0 Å². The van der Waals surface area contributed by atoms with Gasteiger partial charge in [-0.1, -0.05) is 18.2 Å². The fourth-order valence-corrected chi connectivity index (χ4v) is 1.96. The van der Waals surface area contributed by atoms with Gasteiger partial charge in [0.15, 0.2) is 0 Å². The summed E-state index contributed by atoms with van der Waals surface area (Å²) in [5, 5.41) is 3.36. The minimum atomic E-state index is 0.630. The molecule has 0 atom stereocenters. The summed E-state index contributed by atoms with van der Waals surface area (Å²) in [7, 11) is 0. The molecule has 0 fully saturated rings. The summed E-state index contributed by atoms with van der Waals surface area (Å²) < 4.78 is 0. The predicted octanol–water partition coefficient (Wildman–Crippen LogP) is 2.07. The van der Waals surface area contributed by atoms with Crippen LogP contribution in [0.25, 0.3) is 0 Å². The lowest BCUT2D eigenvalue weighted by Crippen LogP contribution is -2.24. The molecule has 1 aliphatic heterocycles. The third-order valence-corrected chi connectivity index (χ3v) is 2.67. The quantitative estimate of drug-likeness (QED) is 0.655. The van der Waals surface area contributed by atoms with Crippen molar-refractivity contribution in [3.8, 4) is 0 Å². The number of alkyl halides is 1. The van der Waals surface area contributed by atoms with Gasteiger partial charge in [-0.25, -0.2) is 0 Å². The molecule has 12 heavy (non-hydrogen) atoms. The maximum absolute atomic E-state index is 5.84. The van der Waals surface area contributed by atoms with Crippen molar-refractivity contribution in [2.75, 3.05) is 6.54 Å². The van der Waals surface area contributed by atoms with Crippen LogP contribution in [0.1, 0.15) is 16.7 Å². The first-order valence-corrected chi connectivity index (χ1v) is 4.81.